The number of benzene rings is 1. The number of hydrogen-bond acceptors (Lipinski definition) is 2. The summed E-state index contributed by atoms with van der Waals surface area (Å²) in [6.45, 7) is 6.46. The largest absolute Gasteiger partial charge is 0.383 e. The molecule has 2 nitrogen and oxygen atoms in total. The Hall–Kier alpha value is -1.28. The van der Waals surface area contributed by atoms with E-state index in [4.69, 9.17) is 17.3 Å². The molecule has 1 aromatic carbocycles. The molecule has 0 spiro atoms. The number of pyridine rings is 1. The van der Waals surface area contributed by atoms with E-state index in [1.54, 1.807) is 0 Å². The van der Waals surface area contributed by atoms with Crippen molar-refractivity contribution in [2.45, 2.75) is 26.2 Å². The van der Waals surface area contributed by atoms with Gasteiger partial charge in [-0.3, -0.25) is 0 Å². The molecule has 1 heterocycles. The molecule has 0 unspecified atom stereocenters. The number of nitrogens with zero attached hydrogens (tertiary/aromatic N) is 1. The maximum Gasteiger partial charge on any atom is 0.132 e. The van der Waals surface area contributed by atoms with E-state index in [0.717, 1.165) is 10.8 Å². The van der Waals surface area contributed by atoms with Crippen molar-refractivity contribution in [3.05, 3.63) is 35.0 Å². The SMILES string of the molecule is CC(C)(C)c1cnc(N)c2c(Cl)cccc12. The monoisotopic (exact) mass is 234 g/mol. The molecule has 0 saturated heterocycles. The van der Waals surface area contributed by atoms with E-state index >= 15 is 0 Å². The quantitative estimate of drug-likeness (QED) is 0.754. The Bertz CT molecular complexity index is 533. The topological polar surface area (TPSA) is 38.9 Å². The highest BCUT2D eigenvalue weighted by molar-refractivity contribution is 6.36. The second kappa shape index (κ2) is 3.63. The molecule has 1 aromatic heterocycles. The Balaban J connectivity index is 2.90. The summed E-state index contributed by atoms with van der Waals surface area (Å²) in [6, 6.07) is 5.83. The highest BCUT2D eigenvalue weighted by Crippen LogP contribution is 2.34. The predicted octanol–water partition coefficient (Wildman–Crippen LogP) is 3.77. The smallest absolute Gasteiger partial charge is 0.132 e. The minimum absolute atomic E-state index is 0.0314. The van der Waals surface area contributed by atoms with Crippen LogP contribution in [0.3, 0.4) is 0 Å². The van der Waals surface area contributed by atoms with Crippen molar-refractivity contribution in [3.63, 3.8) is 0 Å². The van der Waals surface area contributed by atoms with Gasteiger partial charge in [0.1, 0.15) is 5.82 Å². The predicted molar refractivity (Wildman–Crippen MR) is 69.9 cm³/mol. The third-order valence-electron chi connectivity index (χ3n) is 2.70. The average Bonchev–Trinajstić information content (AvgIpc) is 2.16. The number of anilines is 1. The number of hydrogen-bond donors (Lipinski definition) is 1. The molecular weight excluding hydrogens is 220 g/mol. The zero-order valence-electron chi connectivity index (χ0n) is 9.71. The first-order valence-corrected chi connectivity index (χ1v) is 5.62. The van der Waals surface area contributed by atoms with Crippen LogP contribution in [0, 0.1) is 0 Å². The van der Waals surface area contributed by atoms with Crippen LogP contribution < -0.4 is 5.73 Å². The highest BCUT2D eigenvalue weighted by Gasteiger charge is 2.19. The summed E-state index contributed by atoms with van der Waals surface area (Å²) >= 11 is 6.16. The highest BCUT2D eigenvalue weighted by atomic mass is 35.5. The Morgan fingerprint density at radius 2 is 1.94 bits per heavy atom. The zero-order valence-corrected chi connectivity index (χ0v) is 10.5. The normalized spacial score (nSPS) is 12.0. The van der Waals surface area contributed by atoms with Gasteiger partial charge in [0.2, 0.25) is 0 Å². The molecule has 2 rings (SSSR count). The van der Waals surface area contributed by atoms with Crippen LogP contribution in [-0.4, -0.2) is 4.98 Å². The first-order chi connectivity index (χ1) is 7.41. The first kappa shape index (κ1) is 11.2. The van der Waals surface area contributed by atoms with E-state index in [9.17, 15) is 0 Å². The summed E-state index contributed by atoms with van der Waals surface area (Å²) in [7, 11) is 0. The van der Waals surface area contributed by atoms with E-state index < -0.39 is 0 Å². The van der Waals surface area contributed by atoms with Crippen molar-refractivity contribution < 1.29 is 0 Å². The summed E-state index contributed by atoms with van der Waals surface area (Å²) in [5, 5.41) is 2.61. The second-order valence-corrected chi connectivity index (χ2v) is 5.38. The van der Waals surface area contributed by atoms with Gasteiger partial charge in [-0.25, -0.2) is 4.98 Å². The van der Waals surface area contributed by atoms with Crippen molar-refractivity contribution in [1.29, 1.82) is 0 Å². The summed E-state index contributed by atoms with van der Waals surface area (Å²) in [4.78, 5) is 4.23. The van der Waals surface area contributed by atoms with E-state index in [2.05, 4.69) is 25.8 Å². The van der Waals surface area contributed by atoms with E-state index in [1.807, 2.05) is 24.4 Å². The van der Waals surface area contributed by atoms with Crippen molar-refractivity contribution in [3.8, 4) is 0 Å². The standard InChI is InChI=1S/C13H15ClN2/c1-13(2,3)9-7-16-12(15)11-8(9)5-4-6-10(11)14/h4-7H,1-3H3,(H2,15,16). The third-order valence-corrected chi connectivity index (χ3v) is 3.02. The minimum atomic E-state index is 0.0314. The number of aromatic nitrogens is 1. The molecule has 0 amide bonds. The minimum Gasteiger partial charge on any atom is -0.383 e. The molecular formula is C13H15ClN2. The van der Waals surface area contributed by atoms with Crippen LogP contribution in [0.4, 0.5) is 5.82 Å². The molecule has 0 aliphatic rings. The van der Waals surface area contributed by atoms with Gasteiger partial charge < -0.3 is 5.73 Å². The van der Waals surface area contributed by atoms with Crippen LogP contribution in [0.25, 0.3) is 10.8 Å². The number of rotatable bonds is 0. The molecule has 16 heavy (non-hydrogen) atoms. The molecule has 0 bridgehead atoms. The molecule has 2 N–H and O–H groups in total. The molecule has 0 fully saturated rings. The van der Waals surface area contributed by atoms with E-state index in [1.165, 1.54) is 5.56 Å². The number of nitrogen functional groups attached to an aromatic ring is 1. The van der Waals surface area contributed by atoms with Crippen LogP contribution in [0.15, 0.2) is 24.4 Å². The van der Waals surface area contributed by atoms with Crippen LogP contribution >= 0.6 is 11.6 Å². The fraction of sp³-hybridized carbons (Fsp3) is 0.308. The Morgan fingerprint density at radius 1 is 1.25 bits per heavy atom. The third kappa shape index (κ3) is 1.74. The maximum absolute atomic E-state index is 6.16. The van der Waals surface area contributed by atoms with Crippen molar-refractivity contribution >= 4 is 28.2 Å². The van der Waals surface area contributed by atoms with Gasteiger partial charge in [0.15, 0.2) is 0 Å². The Labute approximate surface area is 100 Å². The average molecular weight is 235 g/mol. The fourth-order valence-corrected chi connectivity index (χ4v) is 2.15. The molecule has 0 saturated carbocycles. The first-order valence-electron chi connectivity index (χ1n) is 5.24. The van der Waals surface area contributed by atoms with Crippen molar-refractivity contribution in [1.82, 2.24) is 4.98 Å². The Morgan fingerprint density at radius 3 is 2.56 bits per heavy atom. The lowest BCUT2D eigenvalue weighted by atomic mass is 9.85. The lowest BCUT2D eigenvalue weighted by Crippen LogP contribution is -2.13. The van der Waals surface area contributed by atoms with Crippen molar-refractivity contribution in [2.75, 3.05) is 5.73 Å². The molecule has 84 valence electrons. The molecule has 0 atom stereocenters. The van der Waals surface area contributed by atoms with Crippen LogP contribution in [-0.2, 0) is 5.41 Å². The lowest BCUT2D eigenvalue weighted by Gasteiger charge is -2.21. The fourth-order valence-electron chi connectivity index (χ4n) is 1.87. The van der Waals surface area contributed by atoms with E-state index in [0.29, 0.717) is 10.8 Å². The summed E-state index contributed by atoms with van der Waals surface area (Å²) in [5.74, 6) is 0.494. The van der Waals surface area contributed by atoms with Gasteiger partial charge in [-0.05, 0) is 22.4 Å². The van der Waals surface area contributed by atoms with Crippen molar-refractivity contribution in [2.24, 2.45) is 0 Å². The summed E-state index contributed by atoms with van der Waals surface area (Å²) in [6.07, 6.45) is 1.84. The van der Waals surface area contributed by atoms with Gasteiger partial charge >= 0.3 is 0 Å². The molecule has 3 heteroatoms. The Kier molecular flexibility index (Phi) is 2.55. The van der Waals surface area contributed by atoms with Gasteiger partial charge in [0, 0.05) is 11.6 Å². The summed E-state index contributed by atoms with van der Waals surface area (Å²) < 4.78 is 0. The lowest BCUT2D eigenvalue weighted by molar-refractivity contribution is 0.593. The second-order valence-electron chi connectivity index (χ2n) is 4.97. The van der Waals surface area contributed by atoms with Gasteiger partial charge in [-0.1, -0.05) is 44.5 Å². The maximum atomic E-state index is 6.16. The van der Waals surface area contributed by atoms with Crippen LogP contribution in [0.1, 0.15) is 26.3 Å². The van der Waals surface area contributed by atoms with Gasteiger partial charge in [-0.15, -0.1) is 0 Å². The molecule has 2 aromatic rings. The van der Waals surface area contributed by atoms with Crippen LogP contribution in [0.5, 0.6) is 0 Å². The number of nitrogens with two attached hydrogens (primary N) is 1. The number of halogens is 1. The summed E-state index contributed by atoms with van der Waals surface area (Å²) in [5.41, 5.74) is 7.07. The zero-order chi connectivity index (χ0) is 11.9. The molecule has 0 radical (unpaired) electrons. The molecule has 0 aliphatic carbocycles. The van der Waals surface area contributed by atoms with Gasteiger partial charge in [0.05, 0.1) is 5.02 Å². The molecule has 0 aliphatic heterocycles. The van der Waals surface area contributed by atoms with Gasteiger partial charge in [-0.2, -0.15) is 0 Å². The van der Waals surface area contributed by atoms with Crippen LogP contribution in [0.2, 0.25) is 5.02 Å². The van der Waals surface area contributed by atoms with Gasteiger partial charge in [0.25, 0.3) is 0 Å². The number of fused-ring (bicyclic) bond motifs is 1. The van der Waals surface area contributed by atoms with E-state index in [-0.39, 0.29) is 5.41 Å².